The van der Waals surface area contributed by atoms with E-state index in [2.05, 4.69) is 10.3 Å². The van der Waals surface area contributed by atoms with Crippen molar-refractivity contribution in [2.75, 3.05) is 11.9 Å². The van der Waals surface area contributed by atoms with E-state index < -0.39 is 5.92 Å². The normalized spacial score (nSPS) is 17.2. The topological polar surface area (TPSA) is 62.3 Å². The van der Waals surface area contributed by atoms with Crippen molar-refractivity contribution in [1.29, 1.82) is 0 Å². The summed E-state index contributed by atoms with van der Waals surface area (Å²) in [4.78, 5) is 30.2. The molecule has 0 radical (unpaired) electrons. The molecule has 0 spiro atoms. The molecule has 7 heteroatoms. The van der Waals surface area contributed by atoms with Gasteiger partial charge in [0.2, 0.25) is 11.8 Å². The summed E-state index contributed by atoms with van der Waals surface area (Å²) in [5.41, 5.74) is 1.36. The molecular weight excluding hydrogens is 349 g/mol. The van der Waals surface area contributed by atoms with Crippen LogP contribution in [-0.4, -0.2) is 28.2 Å². The Balaban J connectivity index is 1.66. The number of hydrogen-bond donors (Lipinski definition) is 1. The third-order valence-electron chi connectivity index (χ3n) is 3.92. The van der Waals surface area contributed by atoms with E-state index in [1.807, 2.05) is 12.1 Å². The highest BCUT2D eigenvalue weighted by Gasteiger charge is 2.34. The van der Waals surface area contributed by atoms with Crippen LogP contribution >= 0.6 is 23.2 Å². The summed E-state index contributed by atoms with van der Waals surface area (Å²) in [6, 6.07) is 8.71. The van der Waals surface area contributed by atoms with Gasteiger partial charge in [-0.3, -0.25) is 14.6 Å². The van der Waals surface area contributed by atoms with Gasteiger partial charge in [0.15, 0.2) is 0 Å². The van der Waals surface area contributed by atoms with Crippen LogP contribution in [0.1, 0.15) is 12.0 Å². The van der Waals surface area contributed by atoms with Crippen molar-refractivity contribution in [3.05, 3.63) is 58.3 Å². The van der Waals surface area contributed by atoms with E-state index in [0.29, 0.717) is 28.8 Å². The number of anilines is 1. The number of likely N-dealkylation sites (tertiary alicyclic amines) is 1. The van der Waals surface area contributed by atoms with Crippen molar-refractivity contribution in [3.8, 4) is 0 Å². The molecular formula is C17H15Cl2N3O2. The van der Waals surface area contributed by atoms with Gasteiger partial charge in [-0.15, -0.1) is 0 Å². The van der Waals surface area contributed by atoms with Gasteiger partial charge in [-0.1, -0.05) is 29.3 Å². The fourth-order valence-electron chi connectivity index (χ4n) is 2.65. The first-order valence-electron chi connectivity index (χ1n) is 7.46. The number of pyridine rings is 1. The van der Waals surface area contributed by atoms with E-state index in [9.17, 15) is 9.59 Å². The van der Waals surface area contributed by atoms with Gasteiger partial charge in [-0.2, -0.15) is 0 Å². The summed E-state index contributed by atoms with van der Waals surface area (Å²) in [5.74, 6) is -0.723. The van der Waals surface area contributed by atoms with Crippen LogP contribution in [0, 0.1) is 5.92 Å². The van der Waals surface area contributed by atoms with Crippen molar-refractivity contribution >= 4 is 40.7 Å². The molecule has 1 fully saturated rings. The van der Waals surface area contributed by atoms with Gasteiger partial charge in [-0.05, 0) is 29.8 Å². The molecule has 1 saturated heterocycles. The molecule has 0 saturated carbocycles. The molecule has 124 valence electrons. The highest BCUT2D eigenvalue weighted by molar-refractivity contribution is 6.39. The number of para-hydroxylation sites is 1. The van der Waals surface area contributed by atoms with Crippen molar-refractivity contribution in [1.82, 2.24) is 9.88 Å². The zero-order chi connectivity index (χ0) is 17.1. The van der Waals surface area contributed by atoms with Crippen molar-refractivity contribution in [2.24, 2.45) is 5.92 Å². The second-order valence-corrected chi connectivity index (χ2v) is 6.43. The van der Waals surface area contributed by atoms with Gasteiger partial charge >= 0.3 is 0 Å². The molecule has 3 rings (SSSR count). The highest BCUT2D eigenvalue weighted by Crippen LogP contribution is 2.31. The maximum Gasteiger partial charge on any atom is 0.229 e. The number of hydrogen-bond acceptors (Lipinski definition) is 3. The van der Waals surface area contributed by atoms with Crippen molar-refractivity contribution in [3.63, 3.8) is 0 Å². The number of amides is 2. The number of nitrogens with zero attached hydrogens (tertiary/aromatic N) is 2. The molecule has 1 atom stereocenters. The van der Waals surface area contributed by atoms with Crippen molar-refractivity contribution in [2.45, 2.75) is 13.0 Å². The monoisotopic (exact) mass is 363 g/mol. The third kappa shape index (κ3) is 3.68. The Morgan fingerprint density at radius 1 is 1.21 bits per heavy atom. The predicted molar refractivity (Wildman–Crippen MR) is 92.9 cm³/mol. The number of carbonyl (C=O) groups is 2. The number of rotatable bonds is 4. The molecule has 24 heavy (non-hydrogen) atoms. The minimum Gasteiger partial charge on any atom is -0.338 e. The van der Waals surface area contributed by atoms with Gasteiger partial charge in [0, 0.05) is 31.9 Å². The summed E-state index contributed by atoms with van der Waals surface area (Å²) < 4.78 is 0. The zero-order valence-electron chi connectivity index (χ0n) is 12.7. The van der Waals surface area contributed by atoms with E-state index >= 15 is 0 Å². The van der Waals surface area contributed by atoms with E-state index in [-0.39, 0.29) is 18.2 Å². The van der Waals surface area contributed by atoms with E-state index in [1.54, 1.807) is 35.5 Å². The number of aromatic nitrogens is 1. The summed E-state index contributed by atoms with van der Waals surface area (Å²) in [5, 5.41) is 3.47. The van der Waals surface area contributed by atoms with Crippen LogP contribution in [-0.2, 0) is 16.1 Å². The molecule has 1 aliphatic heterocycles. The van der Waals surface area contributed by atoms with E-state index in [1.165, 1.54) is 0 Å². The number of nitrogens with one attached hydrogen (secondary N) is 1. The predicted octanol–water partition coefficient (Wildman–Crippen LogP) is 3.38. The SMILES string of the molecule is O=C(Nc1c(Cl)cccc1Cl)C1CC(=O)N(Cc2ccncc2)C1. The Bertz CT molecular complexity index is 747. The first kappa shape index (κ1) is 16.7. The highest BCUT2D eigenvalue weighted by atomic mass is 35.5. The van der Waals surface area contributed by atoms with Crippen LogP contribution in [0.25, 0.3) is 0 Å². The summed E-state index contributed by atoms with van der Waals surface area (Å²) in [6.45, 7) is 0.840. The second-order valence-electron chi connectivity index (χ2n) is 5.62. The number of halogens is 2. The lowest BCUT2D eigenvalue weighted by molar-refractivity contribution is -0.128. The minimum absolute atomic E-state index is 0.0442. The molecule has 2 heterocycles. The fourth-order valence-corrected chi connectivity index (χ4v) is 3.14. The third-order valence-corrected chi connectivity index (χ3v) is 4.55. The molecule has 1 aliphatic rings. The molecule has 1 unspecified atom stereocenters. The molecule has 2 amide bonds. The quantitative estimate of drug-likeness (QED) is 0.905. The first-order chi connectivity index (χ1) is 11.5. The van der Waals surface area contributed by atoms with Gasteiger partial charge in [0.05, 0.1) is 21.7 Å². The van der Waals surface area contributed by atoms with Gasteiger partial charge in [0.1, 0.15) is 0 Å². The molecule has 1 N–H and O–H groups in total. The largest absolute Gasteiger partial charge is 0.338 e. The molecule has 2 aromatic rings. The van der Waals surface area contributed by atoms with Crippen LogP contribution in [0.3, 0.4) is 0 Å². The van der Waals surface area contributed by atoms with Gasteiger partial charge in [0.25, 0.3) is 0 Å². The standard InChI is InChI=1S/C17H15Cl2N3O2/c18-13-2-1-3-14(19)16(13)21-17(24)12-8-15(23)22(10-12)9-11-4-6-20-7-5-11/h1-7,12H,8-10H2,(H,21,24). The van der Waals surface area contributed by atoms with Crippen LogP contribution in [0.2, 0.25) is 10.0 Å². The zero-order valence-corrected chi connectivity index (χ0v) is 14.2. The summed E-state index contributed by atoms with van der Waals surface area (Å²) >= 11 is 12.1. The second kappa shape index (κ2) is 7.20. The Labute approximate surface area is 149 Å². The van der Waals surface area contributed by atoms with Crippen LogP contribution in [0.5, 0.6) is 0 Å². The smallest absolute Gasteiger partial charge is 0.229 e. The summed E-state index contributed by atoms with van der Waals surface area (Å²) in [7, 11) is 0. The van der Waals surface area contributed by atoms with E-state index in [4.69, 9.17) is 23.2 Å². The van der Waals surface area contributed by atoms with Crippen molar-refractivity contribution < 1.29 is 9.59 Å². The number of carbonyl (C=O) groups excluding carboxylic acids is 2. The lowest BCUT2D eigenvalue weighted by Gasteiger charge is -2.17. The lowest BCUT2D eigenvalue weighted by Crippen LogP contribution is -2.28. The molecule has 1 aromatic carbocycles. The molecule has 1 aromatic heterocycles. The molecule has 5 nitrogen and oxygen atoms in total. The maximum atomic E-state index is 12.4. The maximum absolute atomic E-state index is 12.4. The fraction of sp³-hybridized carbons (Fsp3) is 0.235. The van der Waals surface area contributed by atoms with E-state index in [0.717, 1.165) is 5.56 Å². The van der Waals surface area contributed by atoms with Gasteiger partial charge in [-0.25, -0.2) is 0 Å². The minimum atomic E-state index is -0.424. The van der Waals surface area contributed by atoms with Gasteiger partial charge < -0.3 is 10.2 Å². The van der Waals surface area contributed by atoms with Crippen LogP contribution < -0.4 is 5.32 Å². The lowest BCUT2D eigenvalue weighted by atomic mass is 10.1. The number of benzene rings is 1. The Morgan fingerprint density at radius 3 is 2.54 bits per heavy atom. The molecule has 0 bridgehead atoms. The Kier molecular flexibility index (Phi) is 5.02. The molecule has 0 aliphatic carbocycles. The van der Waals surface area contributed by atoms with Crippen LogP contribution in [0.4, 0.5) is 5.69 Å². The average molecular weight is 364 g/mol. The van der Waals surface area contributed by atoms with Crippen LogP contribution in [0.15, 0.2) is 42.7 Å². The summed E-state index contributed by atoms with van der Waals surface area (Å²) in [6.07, 6.45) is 3.54. The average Bonchev–Trinajstić information content (AvgIpc) is 2.93. The Hall–Kier alpha value is -2.11. The first-order valence-corrected chi connectivity index (χ1v) is 8.21. The Morgan fingerprint density at radius 2 is 1.88 bits per heavy atom.